The molecule has 0 aliphatic carbocycles. The van der Waals surface area contributed by atoms with Gasteiger partial charge in [-0.2, -0.15) is 0 Å². The summed E-state index contributed by atoms with van der Waals surface area (Å²) < 4.78 is 0. The predicted octanol–water partition coefficient (Wildman–Crippen LogP) is 1.86. The lowest BCUT2D eigenvalue weighted by atomic mass is 10.1. The quantitative estimate of drug-likeness (QED) is 0.845. The molecule has 3 rings (SSSR count). The van der Waals surface area contributed by atoms with Crippen molar-refractivity contribution in [2.24, 2.45) is 0 Å². The van der Waals surface area contributed by atoms with Crippen LogP contribution in [-0.2, 0) is 13.0 Å². The molecule has 0 aromatic carbocycles. The van der Waals surface area contributed by atoms with Gasteiger partial charge in [0.25, 0.3) is 5.91 Å². The van der Waals surface area contributed by atoms with E-state index in [9.17, 15) is 4.79 Å². The normalized spacial score (nSPS) is 17.9. The van der Waals surface area contributed by atoms with Gasteiger partial charge in [-0.05, 0) is 44.8 Å². The number of anilines is 1. The second kappa shape index (κ2) is 8.35. The number of carbonyl (C=O) groups is 1. The number of hydrogen-bond donors (Lipinski definition) is 2. The summed E-state index contributed by atoms with van der Waals surface area (Å²) in [6, 6.07) is 1.82. The standard InChI is InChI=1S/C17H24N6OS/c1-2-16-21-10-13(25-16)17(24)23(12-4-3-7-19-8-5-12)11-15-20-9-6-14(18)22-15/h6,9-10,12,19H,2-5,7-8,11H2,1H3,(H2,18,20,22)/t12-/m0/s1. The first-order valence-electron chi connectivity index (χ1n) is 8.71. The van der Waals surface area contributed by atoms with E-state index in [1.54, 1.807) is 18.5 Å². The molecular weight excluding hydrogens is 336 g/mol. The van der Waals surface area contributed by atoms with E-state index in [0.717, 1.165) is 43.8 Å². The number of hydrogen-bond acceptors (Lipinski definition) is 7. The molecule has 7 nitrogen and oxygen atoms in total. The number of nitrogens with two attached hydrogens (primary N) is 1. The molecule has 0 unspecified atom stereocenters. The van der Waals surface area contributed by atoms with Crippen molar-refractivity contribution in [3.8, 4) is 0 Å². The molecule has 0 spiro atoms. The lowest BCUT2D eigenvalue weighted by Gasteiger charge is -2.30. The van der Waals surface area contributed by atoms with Gasteiger partial charge in [0.15, 0.2) is 0 Å². The molecule has 1 fully saturated rings. The van der Waals surface area contributed by atoms with Gasteiger partial charge in [-0.25, -0.2) is 15.0 Å². The zero-order valence-electron chi connectivity index (χ0n) is 14.4. The maximum Gasteiger partial charge on any atom is 0.266 e. The molecule has 3 heterocycles. The molecule has 1 atom stereocenters. The Morgan fingerprint density at radius 1 is 1.40 bits per heavy atom. The third-order valence-corrected chi connectivity index (χ3v) is 5.48. The van der Waals surface area contributed by atoms with Gasteiger partial charge in [0.1, 0.15) is 16.5 Å². The fraction of sp³-hybridized carbons (Fsp3) is 0.529. The van der Waals surface area contributed by atoms with Crippen molar-refractivity contribution in [2.75, 3.05) is 18.8 Å². The van der Waals surface area contributed by atoms with Gasteiger partial charge in [-0.15, -0.1) is 11.3 Å². The third-order valence-electron chi connectivity index (χ3n) is 4.35. The van der Waals surface area contributed by atoms with Crippen LogP contribution in [0, 0.1) is 0 Å². The molecule has 1 saturated heterocycles. The van der Waals surface area contributed by atoms with Crippen molar-refractivity contribution in [1.82, 2.24) is 25.2 Å². The summed E-state index contributed by atoms with van der Waals surface area (Å²) in [5, 5.41) is 4.38. The summed E-state index contributed by atoms with van der Waals surface area (Å²) >= 11 is 1.47. The number of aromatic nitrogens is 3. The van der Waals surface area contributed by atoms with E-state index in [0.29, 0.717) is 23.1 Å². The highest BCUT2D eigenvalue weighted by molar-refractivity contribution is 7.13. The minimum absolute atomic E-state index is 0.00937. The average Bonchev–Trinajstić information content (AvgIpc) is 2.94. The minimum atomic E-state index is 0.00937. The van der Waals surface area contributed by atoms with E-state index in [4.69, 9.17) is 5.73 Å². The van der Waals surface area contributed by atoms with Gasteiger partial charge < -0.3 is 16.0 Å². The number of rotatable bonds is 5. The van der Waals surface area contributed by atoms with Crippen molar-refractivity contribution in [3.05, 3.63) is 34.2 Å². The van der Waals surface area contributed by atoms with Crippen molar-refractivity contribution in [2.45, 2.75) is 45.2 Å². The highest BCUT2D eigenvalue weighted by atomic mass is 32.1. The average molecular weight is 360 g/mol. The number of carbonyl (C=O) groups excluding carboxylic acids is 1. The summed E-state index contributed by atoms with van der Waals surface area (Å²) in [6.07, 6.45) is 7.11. The fourth-order valence-electron chi connectivity index (χ4n) is 3.04. The molecule has 0 saturated carbocycles. The molecule has 1 aliphatic rings. The lowest BCUT2D eigenvalue weighted by molar-refractivity contribution is 0.0644. The number of thiazole rings is 1. The van der Waals surface area contributed by atoms with Crippen molar-refractivity contribution in [3.63, 3.8) is 0 Å². The largest absolute Gasteiger partial charge is 0.384 e. The van der Waals surface area contributed by atoms with Gasteiger partial charge in [-0.1, -0.05) is 6.92 Å². The minimum Gasteiger partial charge on any atom is -0.384 e. The summed E-state index contributed by atoms with van der Waals surface area (Å²) in [7, 11) is 0. The topological polar surface area (TPSA) is 97.0 Å². The van der Waals surface area contributed by atoms with Crippen LogP contribution >= 0.6 is 11.3 Å². The Hall–Kier alpha value is -2.06. The first-order chi connectivity index (χ1) is 12.2. The van der Waals surface area contributed by atoms with Crippen LogP contribution in [0.15, 0.2) is 18.5 Å². The zero-order valence-corrected chi connectivity index (χ0v) is 15.3. The highest BCUT2D eigenvalue weighted by Crippen LogP contribution is 2.22. The summed E-state index contributed by atoms with van der Waals surface area (Å²) in [5.74, 6) is 1.01. The predicted molar refractivity (Wildman–Crippen MR) is 98.3 cm³/mol. The number of amides is 1. The van der Waals surface area contributed by atoms with Crippen LogP contribution in [-0.4, -0.2) is 44.9 Å². The summed E-state index contributed by atoms with van der Waals surface area (Å²) in [5.41, 5.74) is 5.77. The van der Waals surface area contributed by atoms with Crippen LogP contribution in [0.4, 0.5) is 5.82 Å². The summed E-state index contributed by atoms with van der Waals surface area (Å²) in [6.45, 7) is 4.32. The molecule has 25 heavy (non-hydrogen) atoms. The number of nitrogen functional groups attached to an aromatic ring is 1. The Balaban J connectivity index is 1.85. The SMILES string of the molecule is CCc1ncc(C(=O)N(Cc2nccc(N)n2)[C@H]2CCCNCC2)s1. The molecular formula is C17H24N6OS. The maximum atomic E-state index is 13.2. The molecule has 1 amide bonds. The molecule has 0 bridgehead atoms. The van der Waals surface area contributed by atoms with E-state index in [1.165, 1.54) is 11.3 Å². The smallest absolute Gasteiger partial charge is 0.266 e. The van der Waals surface area contributed by atoms with E-state index in [-0.39, 0.29) is 11.9 Å². The highest BCUT2D eigenvalue weighted by Gasteiger charge is 2.27. The first kappa shape index (κ1) is 17.8. The lowest BCUT2D eigenvalue weighted by Crippen LogP contribution is -2.40. The van der Waals surface area contributed by atoms with Crippen molar-refractivity contribution in [1.29, 1.82) is 0 Å². The third kappa shape index (κ3) is 4.52. The summed E-state index contributed by atoms with van der Waals surface area (Å²) in [4.78, 5) is 28.6. The van der Waals surface area contributed by atoms with Crippen LogP contribution in [0.3, 0.4) is 0 Å². The number of aryl methyl sites for hydroxylation is 1. The van der Waals surface area contributed by atoms with Crippen molar-refractivity contribution >= 4 is 23.1 Å². The monoisotopic (exact) mass is 360 g/mol. The van der Waals surface area contributed by atoms with E-state index >= 15 is 0 Å². The van der Waals surface area contributed by atoms with Crippen LogP contribution < -0.4 is 11.1 Å². The second-order valence-electron chi connectivity index (χ2n) is 6.14. The number of nitrogens with zero attached hydrogens (tertiary/aromatic N) is 4. The van der Waals surface area contributed by atoms with Gasteiger partial charge in [0.05, 0.1) is 17.7 Å². The molecule has 0 radical (unpaired) electrons. The number of nitrogens with one attached hydrogen (secondary N) is 1. The van der Waals surface area contributed by atoms with Gasteiger partial charge >= 0.3 is 0 Å². The Morgan fingerprint density at radius 2 is 2.28 bits per heavy atom. The van der Waals surface area contributed by atoms with Crippen molar-refractivity contribution < 1.29 is 4.79 Å². The van der Waals surface area contributed by atoms with E-state index in [2.05, 4.69) is 20.3 Å². The molecule has 134 valence electrons. The fourth-order valence-corrected chi connectivity index (χ4v) is 3.85. The van der Waals surface area contributed by atoms with E-state index in [1.807, 2.05) is 11.8 Å². The maximum absolute atomic E-state index is 13.2. The molecule has 2 aromatic heterocycles. The molecule has 3 N–H and O–H groups in total. The Labute approximate surface area is 151 Å². The van der Waals surface area contributed by atoms with Crippen LogP contribution in [0.2, 0.25) is 0 Å². The van der Waals surface area contributed by atoms with Gasteiger partial charge in [-0.3, -0.25) is 4.79 Å². The van der Waals surface area contributed by atoms with Crippen LogP contribution in [0.5, 0.6) is 0 Å². The first-order valence-corrected chi connectivity index (χ1v) is 9.52. The Bertz CT molecular complexity index is 711. The van der Waals surface area contributed by atoms with Crippen LogP contribution in [0.25, 0.3) is 0 Å². The van der Waals surface area contributed by atoms with Gasteiger partial charge in [0.2, 0.25) is 0 Å². The second-order valence-corrected chi connectivity index (χ2v) is 7.25. The molecule has 1 aliphatic heterocycles. The van der Waals surface area contributed by atoms with Crippen LogP contribution in [0.1, 0.15) is 46.7 Å². The van der Waals surface area contributed by atoms with E-state index < -0.39 is 0 Å². The molecule has 2 aromatic rings. The van der Waals surface area contributed by atoms with Gasteiger partial charge in [0, 0.05) is 12.2 Å². The Kier molecular flexibility index (Phi) is 5.93. The zero-order chi connectivity index (χ0) is 17.6. The Morgan fingerprint density at radius 3 is 3.04 bits per heavy atom. The molecule has 8 heteroatoms.